The maximum atomic E-state index is 10.0. The van der Waals surface area contributed by atoms with E-state index in [-0.39, 0.29) is 31.6 Å². The Morgan fingerprint density at radius 2 is 1.12 bits per heavy atom. The van der Waals surface area contributed by atoms with E-state index in [0.29, 0.717) is 5.95 Å². The van der Waals surface area contributed by atoms with Crippen molar-refractivity contribution in [1.82, 2.24) is 24.1 Å². The number of nitrogens with zero attached hydrogens (tertiary/aromatic N) is 5. The zero-order valence-corrected chi connectivity index (χ0v) is 48.2. The quantitative estimate of drug-likeness (QED) is 0.0884. The smallest absolute Gasteiger partial charge is 0.235 e. The van der Waals surface area contributed by atoms with Crippen molar-refractivity contribution in [2.45, 2.75) is 65.2 Å². The van der Waals surface area contributed by atoms with Gasteiger partial charge in [-0.25, -0.2) is 9.97 Å². The van der Waals surface area contributed by atoms with Crippen molar-refractivity contribution in [2.24, 2.45) is 5.92 Å². The third-order valence-electron chi connectivity index (χ3n) is 15.7. The molecule has 0 atom stereocenters. The summed E-state index contributed by atoms with van der Waals surface area (Å²) < 4.78 is 4.57. The first-order chi connectivity index (χ1) is 39.3. The average molecular weight is 1230 g/mol. The minimum atomic E-state index is -0.125. The number of para-hydroxylation sites is 4. The molecule has 14 rings (SSSR count). The Morgan fingerprint density at radius 3 is 1.74 bits per heavy atom. The zero-order chi connectivity index (χ0) is 54.5. The molecule has 1 saturated carbocycles. The van der Waals surface area contributed by atoms with Crippen molar-refractivity contribution in [3.05, 3.63) is 248 Å². The molecular formula is C73H62IrN5O2-. The van der Waals surface area contributed by atoms with Crippen LogP contribution in [0.2, 0.25) is 0 Å². The van der Waals surface area contributed by atoms with Gasteiger partial charge in [0.2, 0.25) is 5.95 Å². The van der Waals surface area contributed by atoms with E-state index in [2.05, 4.69) is 233 Å². The van der Waals surface area contributed by atoms with E-state index in [1.165, 1.54) is 118 Å². The second-order valence-corrected chi connectivity index (χ2v) is 21.1. The van der Waals surface area contributed by atoms with E-state index in [1.807, 2.05) is 18.3 Å². The number of ketones is 1. The molecule has 8 heteroatoms. The van der Waals surface area contributed by atoms with Crippen LogP contribution in [-0.2, 0) is 24.9 Å². The topological polar surface area (TPSA) is 85.8 Å². The molecular weight excluding hydrogens is 1170 g/mol. The van der Waals surface area contributed by atoms with Crippen molar-refractivity contribution in [3.8, 4) is 45.3 Å². The van der Waals surface area contributed by atoms with Crippen LogP contribution in [0.5, 0.6) is 0 Å². The first-order valence-corrected chi connectivity index (χ1v) is 28.0. The predicted octanol–water partition coefficient (Wildman–Crippen LogP) is 19.0. The molecule has 13 aromatic rings. The minimum absolute atomic E-state index is 0. The van der Waals surface area contributed by atoms with Gasteiger partial charge in [-0.05, 0) is 108 Å². The van der Waals surface area contributed by atoms with Crippen molar-refractivity contribution < 1.29 is 30.0 Å². The van der Waals surface area contributed by atoms with Gasteiger partial charge >= 0.3 is 0 Å². The molecule has 0 aliphatic heterocycles. The number of carbonyl (C=O) groups excluding carboxylic acids is 1. The summed E-state index contributed by atoms with van der Waals surface area (Å²) in [6.45, 7) is 5.15. The van der Waals surface area contributed by atoms with Gasteiger partial charge in [-0.1, -0.05) is 191 Å². The number of aliphatic hydroxyl groups excluding tert-OH is 1. The predicted molar refractivity (Wildman–Crippen MR) is 332 cm³/mol. The maximum absolute atomic E-state index is 10.0. The monoisotopic (exact) mass is 1230 g/mol. The van der Waals surface area contributed by atoms with Gasteiger partial charge in [-0.15, -0.1) is 35.4 Å². The van der Waals surface area contributed by atoms with Crippen molar-refractivity contribution >= 4 is 71.1 Å². The first kappa shape index (κ1) is 54.2. The SMILES string of the molecule is CC(=O)C=C(C)O.CCCC1CCC(c2c[c-]c(-c3nccc4ccccc34)cc2)CC1.[Ir].c1ccc(-c2nc(-n3c4ccccc4c4cc(-c5ccc6c(c5)c5ccccc5n6-c5ccccc5)ccc43)nc3ccccc23)cc1. The molecule has 0 bridgehead atoms. The molecule has 1 aliphatic rings. The Balaban J connectivity index is 0.000000175. The third-order valence-corrected chi connectivity index (χ3v) is 15.7. The van der Waals surface area contributed by atoms with E-state index in [9.17, 15) is 4.79 Å². The van der Waals surface area contributed by atoms with Crippen LogP contribution in [0.15, 0.2) is 236 Å². The van der Waals surface area contributed by atoms with Crippen LogP contribution in [0.25, 0.3) is 111 Å². The van der Waals surface area contributed by atoms with Crippen LogP contribution in [0.1, 0.15) is 70.8 Å². The van der Waals surface area contributed by atoms with Crippen molar-refractivity contribution in [3.63, 3.8) is 0 Å². The van der Waals surface area contributed by atoms with Gasteiger partial charge in [0.05, 0.1) is 39.0 Å². The van der Waals surface area contributed by atoms with Gasteiger partial charge in [0.15, 0.2) is 5.78 Å². The molecule has 0 unspecified atom stereocenters. The summed E-state index contributed by atoms with van der Waals surface area (Å²) in [6.07, 6.45) is 11.3. The summed E-state index contributed by atoms with van der Waals surface area (Å²) in [7, 11) is 0. The molecule has 9 aromatic carbocycles. The van der Waals surface area contributed by atoms with Crippen LogP contribution in [0.4, 0.5) is 0 Å². The second kappa shape index (κ2) is 24.3. The summed E-state index contributed by atoms with van der Waals surface area (Å²) >= 11 is 0. The molecule has 1 aliphatic carbocycles. The molecule has 0 amide bonds. The van der Waals surface area contributed by atoms with Gasteiger partial charge in [0.1, 0.15) is 0 Å². The number of aromatic nitrogens is 5. The van der Waals surface area contributed by atoms with Crippen LogP contribution >= 0.6 is 0 Å². The number of hydrogen-bond donors (Lipinski definition) is 1. The van der Waals surface area contributed by atoms with Crippen LogP contribution in [0, 0.1) is 12.0 Å². The van der Waals surface area contributed by atoms with E-state index in [4.69, 9.17) is 15.1 Å². The van der Waals surface area contributed by atoms with Crippen molar-refractivity contribution in [1.29, 1.82) is 0 Å². The molecule has 0 saturated heterocycles. The number of hydrogen-bond acceptors (Lipinski definition) is 5. The number of allylic oxidation sites excluding steroid dienone is 2. The Kier molecular flexibility index (Phi) is 16.2. The molecule has 4 aromatic heterocycles. The Bertz CT molecular complexity index is 4380. The van der Waals surface area contributed by atoms with Crippen LogP contribution in [-0.4, -0.2) is 35.0 Å². The fourth-order valence-electron chi connectivity index (χ4n) is 12.0. The molecule has 7 nitrogen and oxygen atoms in total. The molecule has 4 heterocycles. The van der Waals surface area contributed by atoms with Gasteiger partial charge in [-0.3, -0.25) is 9.36 Å². The summed E-state index contributed by atoms with van der Waals surface area (Å²) in [5.41, 5.74) is 14.6. The van der Waals surface area contributed by atoms with Gasteiger partial charge in [0.25, 0.3) is 0 Å². The van der Waals surface area contributed by atoms with E-state index < -0.39 is 0 Å². The fraction of sp³-hybridized carbons (Fsp3) is 0.151. The molecule has 81 heavy (non-hydrogen) atoms. The summed E-state index contributed by atoms with van der Waals surface area (Å²) in [5.74, 6) is 2.29. The molecule has 401 valence electrons. The van der Waals surface area contributed by atoms with Crippen molar-refractivity contribution in [2.75, 3.05) is 0 Å². The zero-order valence-electron chi connectivity index (χ0n) is 45.8. The van der Waals surface area contributed by atoms with Gasteiger partial charge in [-0.2, -0.15) is 0 Å². The number of aliphatic hydroxyl groups is 1. The van der Waals surface area contributed by atoms with Gasteiger partial charge in [0, 0.05) is 70.6 Å². The second-order valence-electron chi connectivity index (χ2n) is 21.1. The molecule has 0 spiro atoms. The number of carbonyl (C=O) groups is 1. The van der Waals surface area contributed by atoms with E-state index in [1.54, 1.807) is 0 Å². The summed E-state index contributed by atoms with van der Waals surface area (Å²) in [4.78, 5) is 25.0. The Labute approximate surface area is 486 Å². The first-order valence-electron chi connectivity index (χ1n) is 28.0. The van der Waals surface area contributed by atoms with E-state index in [0.717, 1.165) is 62.0 Å². The Hall–Kier alpha value is -8.81. The number of fused-ring (bicyclic) bond motifs is 8. The van der Waals surface area contributed by atoms with Gasteiger partial charge < -0.3 is 14.7 Å². The van der Waals surface area contributed by atoms with Crippen LogP contribution in [0.3, 0.4) is 0 Å². The van der Waals surface area contributed by atoms with Crippen LogP contribution < -0.4 is 0 Å². The number of benzene rings is 9. The standard InChI is InChI=1S/C44H28N4.C24H26N.C5H8O2.Ir/c1-3-13-29(14-4-1)43-35-19-7-10-20-38(35)45-44(46-43)48-40-22-12-9-18-34(40)37-28-31(24-26-42(37)48)30-23-25-41-36(27-30)33-17-8-11-21-39(33)47(41)32-15-5-2-6-16-32;1-2-5-18-8-10-19(11-9-18)20-12-14-22(15-13-20)24-23-7-4-3-6-21(23)16-17-25-24;1-4(6)3-5(2)7;/h1-28H;3-4,6-7,12-14,16-19H,2,5,8-11H2,1H3;3,6H,1-2H3;/q;-1;;. The number of pyridine rings is 1. The maximum Gasteiger partial charge on any atom is 0.235 e. The molecule has 1 fully saturated rings. The minimum Gasteiger partial charge on any atom is -0.512 e. The average Bonchev–Trinajstić information content (AvgIpc) is 4.06. The largest absolute Gasteiger partial charge is 0.512 e. The Morgan fingerprint density at radius 1 is 0.556 bits per heavy atom. The third kappa shape index (κ3) is 11.2. The summed E-state index contributed by atoms with van der Waals surface area (Å²) in [5, 5.41) is 16.7. The molecule has 1 radical (unpaired) electrons. The molecule has 1 N–H and O–H groups in total. The fourth-order valence-corrected chi connectivity index (χ4v) is 12.0. The normalized spacial score (nSPS) is 14.3. The summed E-state index contributed by atoms with van der Waals surface area (Å²) in [6, 6.07) is 80.9. The van der Waals surface area contributed by atoms with E-state index >= 15 is 0 Å². The number of rotatable bonds is 9.